The van der Waals surface area contributed by atoms with Gasteiger partial charge in [0.1, 0.15) is 14.1 Å². The molecule has 0 amide bonds. The first-order valence-corrected chi connectivity index (χ1v) is 9.20. The highest BCUT2D eigenvalue weighted by atomic mass is 15.1. The normalized spacial score (nSPS) is 12.5. The summed E-state index contributed by atoms with van der Waals surface area (Å²) >= 11 is 0. The van der Waals surface area contributed by atoms with E-state index in [9.17, 15) is 0 Å². The number of nitrogens with zero attached hydrogens (tertiary/aromatic N) is 2. The average molecular weight is 374 g/mol. The minimum atomic E-state index is 0. The molecule has 2 aromatic rings. The summed E-state index contributed by atoms with van der Waals surface area (Å²) in [4.78, 5) is 2.12. The second-order valence-corrected chi connectivity index (χ2v) is 7.08. The lowest BCUT2D eigenvalue weighted by molar-refractivity contribution is -0.462. The lowest BCUT2D eigenvalue weighted by Crippen LogP contribution is -2.10. The molecule has 0 aliphatic heterocycles. The van der Waals surface area contributed by atoms with Crippen LogP contribution in [0, 0.1) is 7.43 Å². The van der Waals surface area contributed by atoms with E-state index in [0.29, 0.717) is 0 Å². The largest absolute Gasteiger partial charge is 0.388 e. The number of hydrogen-bond donors (Lipinski definition) is 1. The Bertz CT molecular complexity index is 903. The molecule has 1 aliphatic rings. The van der Waals surface area contributed by atoms with Crippen molar-refractivity contribution in [2.75, 3.05) is 45.5 Å². The van der Waals surface area contributed by atoms with E-state index < -0.39 is 0 Å². The molecule has 146 valence electrons. The highest BCUT2D eigenvalue weighted by Crippen LogP contribution is 2.31. The van der Waals surface area contributed by atoms with Crippen LogP contribution in [0.3, 0.4) is 0 Å². The number of hydrogen-bond acceptors (Lipinski definition) is 2. The SMILES string of the molecule is CNc1ccc(C(=C2C=CC(=[N+](C)C)C=C2)c2ccc(N(C)C)cc2)cc1.[CH3-]. The Hall–Kier alpha value is -3.07. The van der Waals surface area contributed by atoms with E-state index in [4.69, 9.17) is 0 Å². The van der Waals surface area contributed by atoms with E-state index in [0.717, 1.165) is 5.69 Å². The second-order valence-electron chi connectivity index (χ2n) is 7.08. The van der Waals surface area contributed by atoms with Crippen molar-refractivity contribution < 1.29 is 4.58 Å². The average Bonchev–Trinajstić information content (AvgIpc) is 2.69. The van der Waals surface area contributed by atoms with Crippen LogP contribution in [0.15, 0.2) is 78.4 Å². The summed E-state index contributed by atoms with van der Waals surface area (Å²) < 4.78 is 2.12. The molecule has 0 spiro atoms. The minimum Gasteiger partial charge on any atom is -0.388 e. The molecular weight excluding hydrogens is 342 g/mol. The molecule has 0 aromatic heterocycles. The molecule has 0 saturated carbocycles. The van der Waals surface area contributed by atoms with Gasteiger partial charge in [-0.15, -0.1) is 0 Å². The fraction of sp³-hybridized carbons (Fsp3) is 0.200. The summed E-state index contributed by atoms with van der Waals surface area (Å²) in [5, 5.41) is 3.19. The first-order valence-electron chi connectivity index (χ1n) is 9.20. The van der Waals surface area contributed by atoms with Crippen molar-refractivity contribution in [3.63, 3.8) is 0 Å². The zero-order valence-corrected chi connectivity index (χ0v) is 17.8. The Balaban J connectivity index is 0.00000280. The van der Waals surface area contributed by atoms with Gasteiger partial charge in [-0.2, -0.15) is 0 Å². The maximum Gasteiger partial charge on any atom is 0.199 e. The van der Waals surface area contributed by atoms with E-state index in [1.165, 1.54) is 33.7 Å². The number of benzene rings is 2. The van der Waals surface area contributed by atoms with Crippen LogP contribution in [-0.2, 0) is 0 Å². The van der Waals surface area contributed by atoms with Gasteiger partial charge >= 0.3 is 0 Å². The molecule has 0 atom stereocenters. The van der Waals surface area contributed by atoms with Crippen molar-refractivity contribution in [1.82, 2.24) is 0 Å². The van der Waals surface area contributed by atoms with Gasteiger partial charge in [0.2, 0.25) is 0 Å². The summed E-state index contributed by atoms with van der Waals surface area (Å²) in [6, 6.07) is 17.4. The standard InChI is InChI=1S/C24H27N3.CH3/c1-25-21-12-6-18(7-13-21)24(19-8-14-22(15-9-19)26(2)3)20-10-16-23(17-11-20)27(4)5;/h6-17H,1-5H3;1H3/q;-1/p+1. The topological polar surface area (TPSA) is 18.3 Å². The third-order valence-corrected chi connectivity index (χ3v) is 4.81. The monoisotopic (exact) mass is 373 g/mol. The van der Waals surface area contributed by atoms with Crippen molar-refractivity contribution >= 4 is 22.7 Å². The van der Waals surface area contributed by atoms with Crippen molar-refractivity contribution in [3.05, 3.63) is 97.0 Å². The molecule has 3 nitrogen and oxygen atoms in total. The van der Waals surface area contributed by atoms with Crippen LogP contribution in [0.5, 0.6) is 0 Å². The summed E-state index contributed by atoms with van der Waals surface area (Å²) in [5.41, 5.74) is 8.41. The smallest absolute Gasteiger partial charge is 0.199 e. The number of allylic oxidation sites excluding steroid dienone is 5. The van der Waals surface area contributed by atoms with Gasteiger partial charge in [-0.3, -0.25) is 0 Å². The Labute approximate surface area is 170 Å². The molecule has 1 aliphatic carbocycles. The lowest BCUT2D eigenvalue weighted by atomic mass is 9.90. The fourth-order valence-corrected chi connectivity index (χ4v) is 3.16. The van der Waals surface area contributed by atoms with E-state index in [-0.39, 0.29) is 7.43 Å². The molecule has 0 bridgehead atoms. The Morgan fingerprint density at radius 2 is 1.29 bits per heavy atom. The van der Waals surface area contributed by atoms with Crippen molar-refractivity contribution in [1.29, 1.82) is 0 Å². The first-order chi connectivity index (χ1) is 13.0. The lowest BCUT2D eigenvalue weighted by Gasteiger charge is -2.17. The molecule has 2 aromatic carbocycles. The third-order valence-electron chi connectivity index (χ3n) is 4.81. The van der Waals surface area contributed by atoms with Gasteiger partial charge < -0.3 is 17.6 Å². The quantitative estimate of drug-likeness (QED) is 0.608. The van der Waals surface area contributed by atoms with E-state index in [1.807, 2.05) is 7.05 Å². The number of anilines is 2. The van der Waals surface area contributed by atoms with Crippen LogP contribution in [0.25, 0.3) is 5.57 Å². The van der Waals surface area contributed by atoms with Crippen molar-refractivity contribution in [2.24, 2.45) is 0 Å². The predicted molar refractivity (Wildman–Crippen MR) is 125 cm³/mol. The molecule has 1 N–H and O–H groups in total. The molecule has 0 fully saturated rings. The van der Waals surface area contributed by atoms with Gasteiger partial charge in [0.15, 0.2) is 5.71 Å². The summed E-state index contributed by atoms with van der Waals surface area (Å²) in [6.07, 6.45) is 8.75. The summed E-state index contributed by atoms with van der Waals surface area (Å²) in [5.74, 6) is 0. The maximum atomic E-state index is 3.19. The van der Waals surface area contributed by atoms with Crippen LogP contribution in [0.4, 0.5) is 11.4 Å². The maximum absolute atomic E-state index is 3.19. The van der Waals surface area contributed by atoms with Crippen molar-refractivity contribution in [2.45, 2.75) is 0 Å². The Morgan fingerprint density at radius 3 is 1.71 bits per heavy atom. The zero-order valence-electron chi connectivity index (χ0n) is 17.8. The molecule has 28 heavy (non-hydrogen) atoms. The summed E-state index contributed by atoms with van der Waals surface area (Å²) in [6.45, 7) is 0. The van der Waals surface area contributed by atoms with Gasteiger partial charge in [0, 0.05) is 44.7 Å². The molecule has 0 heterocycles. The number of nitrogens with one attached hydrogen (secondary N) is 1. The molecule has 0 radical (unpaired) electrons. The minimum absolute atomic E-state index is 0. The highest BCUT2D eigenvalue weighted by molar-refractivity contribution is 6.04. The van der Waals surface area contributed by atoms with Crippen LogP contribution in [-0.4, -0.2) is 45.5 Å². The predicted octanol–water partition coefficient (Wildman–Crippen LogP) is 4.89. The zero-order chi connectivity index (χ0) is 19.4. The van der Waals surface area contributed by atoms with E-state index in [1.54, 1.807) is 0 Å². The van der Waals surface area contributed by atoms with Gasteiger partial charge in [-0.05, 0) is 58.7 Å². The van der Waals surface area contributed by atoms with Gasteiger partial charge in [-0.25, -0.2) is 4.58 Å². The molecule has 0 unspecified atom stereocenters. The highest BCUT2D eigenvalue weighted by Gasteiger charge is 2.13. The fourth-order valence-electron chi connectivity index (χ4n) is 3.16. The van der Waals surface area contributed by atoms with Gasteiger partial charge in [0.05, 0.1) is 0 Å². The van der Waals surface area contributed by atoms with Crippen LogP contribution in [0.1, 0.15) is 11.1 Å². The van der Waals surface area contributed by atoms with Crippen LogP contribution in [0.2, 0.25) is 0 Å². The van der Waals surface area contributed by atoms with Crippen LogP contribution < -0.4 is 10.2 Å². The van der Waals surface area contributed by atoms with Crippen molar-refractivity contribution in [3.8, 4) is 0 Å². The third kappa shape index (κ3) is 4.61. The van der Waals surface area contributed by atoms with Gasteiger partial charge in [0.25, 0.3) is 0 Å². The molecule has 0 saturated heterocycles. The Morgan fingerprint density at radius 1 is 0.786 bits per heavy atom. The summed E-state index contributed by atoms with van der Waals surface area (Å²) in [7, 11) is 10.2. The van der Waals surface area contributed by atoms with E-state index in [2.05, 4.69) is 116 Å². The Kier molecular flexibility index (Phi) is 7.00. The molecule has 3 rings (SSSR count). The van der Waals surface area contributed by atoms with Crippen LogP contribution >= 0.6 is 0 Å². The van der Waals surface area contributed by atoms with E-state index >= 15 is 0 Å². The second kappa shape index (κ2) is 9.23. The molecular formula is C25H31N3. The number of rotatable bonds is 4. The molecule has 3 heteroatoms. The van der Waals surface area contributed by atoms with Gasteiger partial charge in [-0.1, -0.05) is 24.3 Å². The first kappa shape index (κ1) is 21.2.